The smallest absolute Gasteiger partial charge is 0.254 e. The first kappa shape index (κ1) is 22.9. The van der Waals surface area contributed by atoms with E-state index in [1.54, 1.807) is 6.26 Å². The molecule has 0 unspecified atom stereocenters. The maximum absolute atomic E-state index is 13.2. The topological polar surface area (TPSA) is 71.8 Å². The van der Waals surface area contributed by atoms with E-state index in [4.69, 9.17) is 9.15 Å². The molecule has 5 rings (SSSR count). The fraction of sp³-hybridized carbons (Fsp3) is 0.241. The van der Waals surface area contributed by atoms with E-state index in [1.807, 2.05) is 83.8 Å². The van der Waals surface area contributed by atoms with Crippen LogP contribution < -0.4 is 5.32 Å². The minimum absolute atomic E-state index is 0.00378. The van der Waals surface area contributed by atoms with Crippen molar-refractivity contribution in [3.05, 3.63) is 102 Å². The molecule has 2 amide bonds. The molecule has 0 spiro atoms. The molecular formula is C29H28N2O4. The molecule has 0 aliphatic carbocycles. The zero-order chi connectivity index (χ0) is 24.0. The highest BCUT2D eigenvalue weighted by molar-refractivity contribution is 6.07. The van der Waals surface area contributed by atoms with Crippen molar-refractivity contribution in [2.45, 2.75) is 26.1 Å². The summed E-state index contributed by atoms with van der Waals surface area (Å²) in [5.41, 5.74) is 2.45. The number of anilines is 1. The van der Waals surface area contributed by atoms with Crippen molar-refractivity contribution < 1.29 is 18.7 Å². The molecule has 35 heavy (non-hydrogen) atoms. The maximum Gasteiger partial charge on any atom is 0.254 e. The van der Waals surface area contributed by atoms with Crippen LogP contribution in [0.1, 0.15) is 34.5 Å². The standard InChI is InChI=1S/C29H28N2O4/c32-28(30-24-9-3-6-21(18-24)19-34-20-25-10-5-17-35-25)23-13-15-31(16-14-23)29(33)27-12-4-8-22-7-1-2-11-26(22)27/h1-12,17-18,23H,13-16,19-20H2,(H,30,32). The summed E-state index contributed by atoms with van der Waals surface area (Å²) in [7, 11) is 0. The van der Waals surface area contributed by atoms with Crippen LogP contribution in [0, 0.1) is 5.92 Å². The summed E-state index contributed by atoms with van der Waals surface area (Å²) in [6, 6.07) is 25.1. The normalized spacial score (nSPS) is 14.2. The molecule has 0 bridgehead atoms. The maximum atomic E-state index is 13.2. The number of benzene rings is 3. The highest BCUT2D eigenvalue weighted by Gasteiger charge is 2.28. The van der Waals surface area contributed by atoms with E-state index in [0.717, 1.165) is 33.3 Å². The second-order valence-electron chi connectivity index (χ2n) is 8.85. The van der Waals surface area contributed by atoms with Crippen LogP contribution in [0.15, 0.2) is 89.5 Å². The number of amides is 2. The van der Waals surface area contributed by atoms with Gasteiger partial charge in [-0.1, -0.05) is 48.5 Å². The summed E-state index contributed by atoms with van der Waals surface area (Å²) >= 11 is 0. The number of piperidine rings is 1. The summed E-state index contributed by atoms with van der Waals surface area (Å²) in [6.07, 6.45) is 2.92. The zero-order valence-corrected chi connectivity index (χ0v) is 19.5. The molecule has 6 nitrogen and oxygen atoms in total. The van der Waals surface area contributed by atoms with Crippen LogP contribution in [0.4, 0.5) is 5.69 Å². The molecule has 0 radical (unpaired) electrons. The van der Waals surface area contributed by atoms with Crippen molar-refractivity contribution in [1.82, 2.24) is 4.90 Å². The van der Waals surface area contributed by atoms with Crippen LogP contribution in [0.25, 0.3) is 10.8 Å². The van der Waals surface area contributed by atoms with Crippen LogP contribution in [-0.4, -0.2) is 29.8 Å². The van der Waals surface area contributed by atoms with Crippen LogP contribution in [0.3, 0.4) is 0 Å². The van der Waals surface area contributed by atoms with Crippen LogP contribution in [0.5, 0.6) is 0 Å². The second-order valence-corrected chi connectivity index (χ2v) is 8.85. The average Bonchev–Trinajstić information content (AvgIpc) is 3.42. The van der Waals surface area contributed by atoms with Crippen molar-refractivity contribution in [2.75, 3.05) is 18.4 Å². The lowest BCUT2D eigenvalue weighted by molar-refractivity contribution is -0.121. The van der Waals surface area contributed by atoms with Crippen molar-refractivity contribution in [3.8, 4) is 0 Å². The van der Waals surface area contributed by atoms with Crippen LogP contribution >= 0.6 is 0 Å². The molecule has 3 aromatic carbocycles. The number of nitrogens with zero attached hydrogens (tertiary/aromatic N) is 1. The Labute approximate surface area is 204 Å². The van der Waals surface area contributed by atoms with Gasteiger partial charge in [0.1, 0.15) is 12.4 Å². The lowest BCUT2D eigenvalue weighted by Gasteiger charge is -2.31. The van der Waals surface area contributed by atoms with Gasteiger partial charge >= 0.3 is 0 Å². The number of nitrogens with one attached hydrogen (secondary N) is 1. The highest BCUT2D eigenvalue weighted by Crippen LogP contribution is 2.25. The van der Waals surface area contributed by atoms with Crippen molar-refractivity contribution in [2.24, 2.45) is 5.92 Å². The largest absolute Gasteiger partial charge is 0.467 e. The van der Waals surface area contributed by atoms with E-state index in [-0.39, 0.29) is 17.7 Å². The molecule has 4 aromatic rings. The van der Waals surface area contributed by atoms with E-state index in [1.165, 1.54) is 0 Å². The van der Waals surface area contributed by atoms with E-state index in [2.05, 4.69) is 5.32 Å². The summed E-state index contributed by atoms with van der Waals surface area (Å²) in [5.74, 6) is 0.684. The Bertz CT molecular complexity index is 1300. The van der Waals surface area contributed by atoms with Gasteiger partial charge in [0, 0.05) is 30.3 Å². The summed E-state index contributed by atoms with van der Waals surface area (Å²) in [4.78, 5) is 28.0. The zero-order valence-electron chi connectivity index (χ0n) is 19.5. The Balaban J connectivity index is 1.14. The minimum atomic E-state index is -0.120. The van der Waals surface area contributed by atoms with Gasteiger partial charge in [0.25, 0.3) is 5.91 Å². The molecule has 1 saturated heterocycles. The minimum Gasteiger partial charge on any atom is -0.467 e. The van der Waals surface area contributed by atoms with E-state index < -0.39 is 0 Å². The lowest BCUT2D eigenvalue weighted by Crippen LogP contribution is -2.41. The third kappa shape index (κ3) is 5.44. The molecular weight excluding hydrogens is 440 g/mol. The Morgan fingerprint density at radius 2 is 1.71 bits per heavy atom. The second kappa shape index (κ2) is 10.6. The van der Waals surface area contributed by atoms with Gasteiger partial charge in [-0.2, -0.15) is 0 Å². The molecule has 2 heterocycles. The molecule has 1 N–H and O–H groups in total. The molecule has 1 fully saturated rings. The third-order valence-electron chi connectivity index (χ3n) is 6.46. The molecule has 0 atom stereocenters. The first-order chi connectivity index (χ1) is 17.2. The van der Waals surface area contributed by atoms with Gasteiger partial charge in [0.2, 0.25) is 5.91 Å². The van der Waals surface area contributed by atoms with E-state index >= 15 is 0 Å². The fourth-order valence-electron chi connectivity index (χ4n) is 4.57. The van der Waals surface area contributed by atoms with Gasteiger partial charge in [-0.05, 0) is 59.5 Å². The molecule has 178 valence electrons. The van der Waals surface area contributed by atoms with Crippen LogP contribution in [-0.2, 0) is 22.7 Å². The third-order valence-corrected chi connectivity index (χ3v) is 6.46. The molecule has 1 aromatic heterocycles. The first-order valence-corrected chi connectivity index (χ1v) is 11.9. The monoisotopic (exact) mass is 468 g/mol. The van der Waals surface area contributed by atoms with Crippen molar-refractivity contribution >= 4 is 28.3 Å². The summed E-state index contributed by atoms with van der Waals surface area (Å²) < 4.78 is 11.0. The van der Waals surface area contributed by atoms with E-state index in [0.29, 0.717) is 39.1 Å². The number of ether oxygens (including phenoxy) is 1. The number of hydrogen-bond acceptors (Lipinski definition) is 4. The number of carbonyl (C=O) groups excluding carboxylic acids is 2. The van der Waals surface area contributed by atoms with Crippen LogP contribution in [0.2, 0.25) is 0 Å². The van der Waals surface area contributed by atoms with Crippen molar-refractivity contribution in [3.63, 3.8) is 0 Å². The summed E-state index contributed by atoms with van der Waals surface area (Å²) in [5, 5.41) is 5.06. The number of carbonyl (C=O) groups is 2. The average molecular weight is 469 g/mol. The van der Waals surface area contributed by atoms with Crippen molar-refractivity contribution in [1.29, 1.82) is 0 Å². The van der Waals surface area contributed by atoms with E-state index in [9.17, 15) is 9.59 Å². The number of furan rings is 1. The number of hydrogen-bond donors (Lipinski definition) is 1. The van der Waals surface area contributed by atoms with Gasteiger partial charge in [-0.25, -0.2) is 0 Å². The Morgan fingerprint density at radius 3 is 2.54 bits per heavy atom. The molecule has 6 heteroatoms. The summed E-state index contributed by atoms with van der Waals surface area (Å²) in [6.45, 7) is 1.97. The molecule has 1 aliphatic heterocycles. The predicted octanol–water partition coefficient (Wildman–Crippen LogP) is 5.64. The molecule has 0 saturated carbocycles. The quantitative estimate of drug-likeness (QED) is 0.381. The number of likely N-dealkylation sites (tertiary alicyclic amines) is 1. The van der Waals surface area contributed by atoms with Gasteiger partial charge in [-0.3, -0.25) is 9.59 Å². The van der Waals surface area contributed by atoms with Gasteiger partial charge in [0.05, 0.1) is 12.9 Å². The first-order valence-electron chi connectivity index (χ1n) is 11.9. The van der Waals surface area contributed by atoms with Gasteiger partial charge < -0.3 is 19.4 Å². The predicted molar refractivity (Wildman–Crippen MR) is 135 cm³/mol. The Kier molecular flexibility index (Phi) is 6.91. The highest BCUT2D eigenvalue weighted by atomic mass is 16.5. The SMILES string of the molecule is O=C(Nc1cccc(COCc2ccco2)c1)C1CCN(C(=O)c2cccc3ccccc23)CC1. The Hall–Kier alpha value is -3.90. The number of fused-ring (bicyclic) bond motifs is 1. The van der Waals surface area contributed by atoms with Gasteiger partial charge in [-0.15, -0.1) is 0 Å². The molecule has 1 aliphatic rings. The van der Waals surface area contributed by atoms with Gasteiger partial charge in [0.15, 0.2) is 0 Å². The lowest BCUT2D eigenvalue weighted by atomic mass is 9.94. The fourth-order valence-corrected chi connectivity index (χ4v) is 4.57. The Morgan fingerprint density at radius 1 is 0.914 bits per heavy atom. The number of rotatable bonds is 7.